The lowest BCUT2D eigenvalue weighted by molar-refractivity contribution is 0.137. The lowest BCUT2D eigenvalue weighted by atomic mass is 10.1. The van der Waals surface area contributed by atoms with E-state index in [2.05, 4.69) is 32.9 Å². The highest BCUT2D eigenvalue weighted by molar-refractivity contribution is 5.53. The molecule has 18 heavy (non-hydrogen) atoms. The van der Waals surface area contributed by atoms with Crippen LogP contribution in [-0.2, 0) is 0 Å². The van der Waals surface area contributed by atoms with Crippen LogP contribution in [0.3, 0.4) is 0 Å². The summed E-state index contributed by atoms with van der Waals surface area (Å²) >= 11 is 0. The first-order valence-corrected chi connectivity index (χ1v) is 6.98. The van der Waals surface area contributed by atoms with Crippen LogP contribution in [0.1, 0.15) is 65.7 Å². The highest BCUT2D eigenvalue weighted by atomic mass is 16.6. The van der Waals surface area contributed by atoms with Crippen molar-refractivity contribution in [3.05, 3.63) is 12.2 Å². The van der Waals surface area contributed by atoms with Crippen molar-refractivity contribution in [1.29, 1.82) is 0 Å². The van der Waals surface area contributed by atoms with E-state index in [0.29, 0.717) is 5.41 Å². The number of carbonyl (C=O) groups is 1. The number of allylic oxidation sites excluding steroid dienone is 2. The Labute approximate surface area is 111 Å². The third-order valence-electron chi connectivity index (χ3n) is 3.43. The van der Waals surface area contributed by atoms with E-state index in [-0.39, 0.29) is 0 Å². The van der Waals surface area contributed by atoms with Crippen LogP contribution in [0, 0.1) is 11.3 Å². The van der Waals surface area contributed by atoms with Gasteiger partial charge in [-0.2, -0.15) is 0 Å². The Balaban J connectivity index is 0.000000631. The van der Waals surface area contributed by atoms with Crippen molar-refractivity contribution in [2.45, 2.75) is 65.7 Å². The molecule has 0 saturated heterocycles. The molecular weight excluding hydrogens is 228 g/mol. The molecule has 1 saturated carbocycles. The van der Waals surface area contributed by atoms with Gasteiger partial charge in [-0.3, -0.25) is 0 Å². The molecule has 0 aliphatic heterocycles. The molecule has 0 amide bonds. The molecule has 1 rings (SSSR count). The second-order valence-corrected chi connectivity index (χ2v) is 5.71. The Bertz CT molecular complexity index is 252. The zero-order valence-corrected chi connectivity index (χ0v) is 12.0. The van der Waals surface area contributed by atoms with Crippen LogP contribution in [0.5, 0.6) is 0 Å². The van der Waals surface area contributed by atoms with Crippen molar-refractivity contribution in [3.8, 4) is 0 Å². The molecule has 1 fully saturated rings. The van der Waals surface area contributed by atoms with E-state index in [9.17, 15) is 0 Å². The molecule has 0 aromatic rings. The van der Waals surface area contributed by atoms with Gasteiger partial charge in [0.25, 0.3) is 0 Å². The van der Waals surface area contributed by atoms with Crippen molar-refractivity contribution in [1.82, 2.24) is 0 Å². The van der Waals surface area contributed by atoms with Crippen molar-refractivity contribution in [2.24, 2.45) is 11.3 Å². The second kappa shape index (κ2) is 9.01. The van der Waals surface area contributed by atoms with E-state index in [1.807, 2.05) is 0 Å². The summed E-state index contributed by atoms with van der Waals surface area (Å²) in [4.78, 5) is 8.56. The van der Waals surface area contributed by atoms with Crippen molar-refractivity contribution < 1.29 is 15.0 Å². The number of rotatable bonds is 7. The van der Waals surface area contributed by atoms with Gasteiger partial charge in [0.2, 0.25) is 0 Å². The first-order chi connectivity index (χ1) is 8.40. The van der Waals surface area contributed by atoms with E-state index >= 15 is 0 Å². The Kier molecular flexibility index (Phi) is 8.51. The predicted octanol–water partition coefficient (Wildman–Crippen LogP) is 5.17. The SMILES string of the molecule is CCCCCCCC=CC1CC1(C)C.O=C(O)O. The van der Waals surface area contributed by atoms with Gasteiger partial charge in [-0.05, 0) is 30.6 Å². The maximum atomic E-state index is 8.56. The summed E-state index contributed by atoms with van der Waals surface area (Å²) in [6, 6.07) is 0. The Morgan fingerprint density at radius 1 is 1.22 bits per heavy atom. The van der Waals surface area contributed by atoms with Gasteiger partial charge in [-0.1, -0.05) is 58.6 Å². The van der Waals surface area contributed by atoms with Crippen LogP contribution in [0.25, 0.3) is 0 Å². The summed E-state index contributed by atoms with van der Waals surface area (Å²) in [7, 11) is 0. The number of hydrogen-bond donors (Lipinski definition) is 2. The Hall–Kier alpha value is -0.990. The van der Waals surface area contributed by atoms with Crippen LogP contribution in [-0.4, -0.2) is 16.4 Å². The normalized spacial score (nSPS) is 20.3. The molecule has 1 aliphatic rings. The second-order valence-electron chi connectivity index (χ2n) is 5.71. The van der Waals surface area contributed by atoms with Crippen LogP contribution in [0.15, 0.2) is 12.2 Å². The molecule has 1 unspecified atom stereocenters. The summed E-state index contributed by atoms with van der Waals surface area (Å²) in [6.07, 6.45) is 12.7. The molecule has 0 aromatic heterocycles. The van der Waals surface area contributed by atoms with Crippen LogP contribution in [0.2, 0.25) is 0 Å². The average Bonchev–Trinajstić information content (AvgIpc) is 2.84. The molecular formula is C15H28O3. The number of hydrogen-bond acceptors (Lipinski definition) is 1. The average molecular weight is 256 g/mol. The quantitative estimate of drug-likeness (QED) is 0.488. The lowest BCUT2D eigenvalue weighted by Crippen LogP contribution is -1.85. The van der Waals surface area contributed by atoms with Crippen molar-refractivity contribution >= 4 is 6.16 Å². The topological polar surface area (TPSA) is 57.5 Å². The largest absolute Gasteiger partial charge is 0.503 e. The molecule has 0 heterocycles. The minimum atomic E-state index is -1.83. The Morgan fingerprint density at radius 2 is 1.72 bits per heavy atom. The van der Waals surface area contributed by atoms with Gasteiger partial charge in [-0.15, -0.1) is 0 Å². The van der Waals surface area contributed by atoms with Gasteiger partial charge in [0.1, 0.15) is 0 Å². The number of unbranched alkanes of at least 4 members (excludes halogenated alkanes) is 5. The van der Waals surface area contributed by atoms with Gasteiger partial charge < -0.3 is 10.2 Å². The van der Waals surface area contributed by atoms with Gasteiger partial charge in [0.15, 0.2) is 0 Å². The van der Waals surface area contributed by atoms with Crippen molar-refractivity contribution in [2.75, 3.05) is 0 Å². The first kappa shape index (κ1) is 17.0. The van der Waals surface area contributed by atoms with Crippen LogP contribution >= 0.6 is 0 Å². The third-order valence-corrected chi connectivity index (χ3v) is 3.43. The molecule has 0 spiro atoms. The summed E-state index contributed by atoms with van der Waals surface area (Å²) < 4.78 is 0. The first-order valence-electron chi connectivity index (χ1n) is 6.98. The molecule has 1 atom stereocenters. The fourth-order valence-electron chi connectivity index (χ4n) is 1.96. The molecule has 0 aromatic carbocycles. The predicted molar refractivity (Wildman–Crippen MR) is 75.1 cm³/mol. The maximum absolute atomic E-state index is 8.56. The van der Waals surface area contributed by atoms with E-state index in [1.165, 1.54) is 44.9 Å². The highest BCUT2D eigenvalue weighted by Crippen LogP contribution is 2.52. The van der Waals surface area contributed by atoms with Gasteiger partial charge in [0.05, 0.1) is 0 Å². The molecule has 0 bridgehead atoms. The molecule has 3 nitrogen and oxygen atoms in total. The standard InChI is InChI=1S/C14H26.CH2O3/c1-4-5-6-7-8-9-10-11-13-12-14(13,2)3;2-1(3)4/h10-11,13H,4-9,12H2,1-3H3;(H2,2,3,4). The van der Waals surface area contributed by atoms with E-state index in [4.69, 9.17) is 15.0 Å². The lowest BCUT2D eigenvalue weighted by Gasteiger charge is -1.97. The molecule has 3 heteroatoms. The summed E-state index contributed by atoms with van der Waals surface area (Å²) in [6.45, 7) is 7.00. The minimum Gasteiger partial charge on any atom is -0.450 e. The van der Waals surface area contributed by atoms with E-state index in [1.54, 1.807) is 0 Å². The summed E-state index contributed by atoms with van der Waals surface area (Å²) in [5.41, 5.74) is 0.624. The fraction of sp³-hybridized carbons (Fsp3) is 0.800. The fourth-order valence-corrected chi connectivity index (χ4v) is 1.96. The Morgan fingerprint density at radius 3 is 2.17 bits per heavy atom. The van der Waals surface area contributed by atoms with Gasteiger partial charge >= 0.3 is 6.16 Å². The zero-order chi connectivity index (χ0) is 14.0. The molecule has 0 radical (unpaired) electrons. The molecule has 2 N–H and O–H groups in total. The number of carboxylic acid groups (broad SMARTS) is 2. The van der Waals surface area contributed by atoms with Crippen LogP contribution in [0.4, 0.5) is 4.79 Å². The minimum absolute atomic E-state index is 0.624. The molecule has 1 aliphatic carbocycles. The smallest absolute Gasteiger partial charge is 0.450 e. The maximum Gasteiger partial charge on any atom is 0.503 e. The van der Waals surface area contributed by atoms with Crippen molar-refractivity contribution in [3.63, 3.8) is 0 Å². The third kappa shape index (κ3) is 10.2. The summed E-state index contributed by atoms with van der Waals surface area (Å²) in [5.74, 6) is 0.887. The van der Waals surface area contributed by atoms with E-state index in [0.717, 1.165) is 5.92 Å². The highest BCUT2D eigenvalue weighted by Gasteiger charge is 2.43. The zero-order valence-electron chi connectivity index (χ0n) is 12.0. The summed E-state index contributed by atoms with van der Waals surface area (Å²) in [5, 5.41) is 13.9. The van der Waals surface area contributed by atoms with Crippen LogP contribution < -0.4 is 0 Å². The molecule has 106 valence electrons. The monoisotopic (exact) mass is 256 g/mol. The van der Waals surface area contributed by atoms with E-state index < -0.39 is 6.16 Å². The van der Waals surface area contributed by atoms with Gasteiger partial charge in [-0.25, -0.2) is 4.79 Å². The van der Waals surface area contributed by atoms with Gasteiger partial charge in [0, 0.05) is 0 Å².